The first-order chi connectivity index (χ1) is 10.4. The van der Waals surface area contributed by atoms with E-state index >= 15 is 0 Å². The fraction of sp³-hybridized carbons (Fsp3) is 0.647. The van der Waals surface area contributed by atoms with Crippen molar-refractivity contribution < 1.29 is 9.47 Å². The quantitative estimate of drug-likeness (QED) is 0.812. The van der Waals surface area contributed by atoms with E-state index in [1.807, 2.05) is 17.8 Å². The predicted molar refractivity (Wildman–Crippen MR) is 87.6 cm³/mol. The zero-order valence-electron chi connectivity index (χ0n) is 12.8. The van der Waals surface area contributed by atoms with E-state index in [1.165, 1.54) is 30.6 Å². The van der Waals surface area contributed by atoms with Crippen molar-refractivity contribution in [1.29, 1.82) is 0 Å². The Morgan fingerprint density at radius 1 is 1.19 bits per heavy atom. The van der Waals surface area contributed by atoms with Crippen molar-refractivity contribution >= 4 is 11.8 Å². The van der Waals surface area contributed by atoms with Crippen LogP contribution in [0.3, 0.4) is 0 Å². The Morgan fingerprint density at radius 2 is 1.95 bits per heavy atom. The average Bonchev–Trinajstić information content (AvgIpc) is 3.05. The lowest BCUT2D eigenvalue weighted by atomic mass is 10.00. The van der Waals surface area contributed by atoms with E-state index < -0.39 is 0 Å². The summed E-state index contributed by atoms with van der Waals surface area (Å²) in [6, 6.07) is 6.94. The van der Waals surface area contributed by atoms with Gasteiger partial charge in [-0.15, -0.1) is 11.8 Å². The van der Waals surface area contributed by atoms with Gasteiger partial charge < -0.3 is 14.8 Å². The topological polar surface area (TPSA) is 30.5 Å². The van der Waals surface area contributed by atoms with Crippen molar-refractivity contribution in [3.63, 3.8) is 0 Å². The second-order valence-electron chi connectivity index (χ2n) is 5.83. The summed E-state index contributed by atoms with van der Waals surface area (Å²) < 4.78 is 11.2. The molecule has 0 amide bonds. The highest BCUT2D eigenvalue weighted by molar-refractivity contribution is 7.99. The first-order valence-electron chi connectivity index (χ1n) is 8.12. The summed E-state index contributed by atoms with van der Waals surface area (Å²) in [5.41, 5.74) is 0. The molecule has 1 fully saturated rings. The Bertz CT molecular complexity index is 460. The smallest absolute Gasteiger partial charge is 0.162 e. The fourth-order valence-corrected chi connectivity index (χ4v) is 4.40. The van der Waals surface area contributed by atoms with Crippen molar-refractivity contribution in [2.45, 2.75) is 43.5 Å². The minimum absolute atomic E-state index is 0.635. The van der Waals surface area contributed by atoms with Gasteiger partial charge in [-0.2, -0.15) is 0 Å². The largest absolute Gasteiger partial charge is 0.486 e. The molecule has 3 nitrogen and oxygen atoms in total. The van der Waals surface area contributed by atoms with Crippen LogP contribution in [0, 0.1) is 5.92 Å². The standard InChI is InChI=1S/C17H25NO2S/c1-2-18-15(13-5-3-4-6-13)12-21-14-7-8-16-17(11-14)20-10-9-19-16/h7-8,11,13,15,18H,2-6,9-10,12H2,1H3. The van der Waals surface area contributed by atoms with Crippen LogP contribution < -0.4 is 14.8 Å². The summed E-state index contributed by atoms with van der Waals surface area (Å²) in [5, 5.41) is 3.68. The third-order valence-corrected chi connectivity index (χ3v) is 5.49. The Labute approximate surface area is 131 Å². The molecule has 3 rings (SSSR count). The molecule has 0 spiro atoms. The SMILES string of the molecule is CCNC(CSc1ccc2c(c1)OCCO2)C1CCCC1. The number of ether oxygens (including phenoxy) is 2. The molecule has 1 aliphatic carbocycles. The molecule has 1 unspecified atom stereocenters. The highest BCUT2D eigenvalue weighted by Gasteiger charge is 2.24. The van der Waals surface area contributed by atoms with E-state index in [9.17, 15) is 0 Å². The Kier molecular flexibility index (Phi) is 5.31. The monoisotopic (exact) mass is 307 g/mol. The van der Waals surface area contributed by atoms with Crippen LogP contribution in [0.2, 0.25) is 0 Å². The molecule has 1 aliphatic heterocycles. The lowest BCUT2D eigenvalue weighted by molar-refractivity contribution is 0.171. The molecule has 0 saturated heterocycles. The van der Waals surface area contributed by atoms with E-state index in [2.05, 4.69) is 24.4 Å². The number of benzene rings is 1. The van der Waals surface area contributed by atoms with E-state index in [4.69, 9.17) is 9.47 Å². The average molecular weight is 307 g/mol. The van der Waals surface area contributed by atoms with Gasteiger partial charge in [0.2, 0.25) is 0 Å². The van der Waals surface area contributed by atoms with Gasteiger partial charge in [-0.3, -0.25) is 0 Å². The molecule has 1 aromatic carbocycles. The van der Waals surface area contributed by atoms with Gasteiger partial charge in [-0.05, 0) is 43.5 Å². The van der Waals surface area contributed by atoms with Crippen molar-refractivity contribution in [2.24, 2.45) is 5.92 Å². The normalized spacial score (nSPS) is 19.7. The predicted octanol–water partition coefficient (Wildman–Crippen LogP) is 3.72. The third kappa shape index (κ3) is 3.86. The van der Waals surface area contributed by atoms with Crippen LogP contribution in [0.4, 0.5) is 0 Å². The zero-order chi connectivity index (χ0) is 14.5. The maximum atomic E-state index is 5.66. The summed E-state index contributed by atoms with van der Waals surface area (Å²) in [6.07, 6.45) is 5.58. The number of fused-ring (bicyclic) bond motifs is 1. The molecule has 0 bridgehead atoms. The zero-order valence-corrected chi connectivity index (χ0v) is 13.6. The molecular weight excluding hydrogens is 282 g/mol. The van der Waals surface area contributed by atoms with Gasteiger partial charge in [-0.1, -0.05) is 19.8 Å². The maximum absolute atomic E-state index is 5.66. The Balaban J connectivity index is 1.59. The van der Waals surface area contributed by atoms with Crippen LogP contribution in [-0.4, -0.2) is 31.6 Å². The van der Waals surface area contributed by atoms with Crippen LogP contribution in [0.15, 0.2) is 23.1 Å². The van der Waals surface area contributed by atoms with Crippen LogP contribution in [0.25, 0.3) is 0 Å². The number of thioether (sulfide) groups is 1. The van der Waals surface area contributed by atoms with E-state index in [-0.39, 0.29) is 0 Å². The molecule has 1 saturated carbocycles. The second kappa shape index (κ2) is 7.41. The first-order valence-corrected chi connectivity index (χ1v) is 9.11. The van der Waals surface area contributed by atoms with Crippen molar-refractivity contribution in [3.05, 3.63) is 18.2 Å². The summed E-state index contributed by atoms with van der Waals surface area (Å²) in [5.74, 6) is 3.77. The van der Waals surface area contributed by atoms with Crippen molar-refractivity contribution in [3.8, 4) is 11.5 Å². The van der Waals surface area contributed by atoms with Gasteiger partial charge in [0.15, 0.2) is 11.5 Å². The molecule has 21 heavy (non-hydrogen) atoms. The number of hydrogen-bond acceptors (Lipinski definition) is 4. The lowest BCUT2D eigenvalue weighted by Gasteiger charge is -2.24. The van der Waals surface area contributed by atoms with Gasteiger partial charge in [0.05, 0.1) is 0 Å². The number of nitrogens with one attached hydrogen (secondary N) is 1. The molecule has 4 heteroatoms. The van der Waals surface area contributed by atoms with Crippen LogP contribution in [-0.2, 0) is 0 Å². The van der Waals surface area contributed by atoms with E-state index in [1.54, 1.807) is 0 Å². The third-order valence-electron chi connectivity index (χ3n) is 4.38. The van der Waals surface area contributed by atoms with Gasteiger partial charge in [0.25, 0.3) is 0 Å². The van der Waals surface area contributed by atoms with Gasteiger partial charge in [-0.25, -0.2) is 0 Å². The second-order valence-corrected chi connectivity index (χ2v) is 6.92. The van der Waals surface area contributed by atoms with Crippen LogP contribution in [0.5, 0.6) is 11.5 Å². The Hall–Kier alpha value is -0.870. The summed E-state index contributed by atoms with van der Waals surface area (Å²) >= 11 is 1.93. The highest BCUT2D eigenvalue weighted by atomic mass is 32.2. The summed E-state index contributed by atoms with van der Waals surface area (Å²) in [6.45, 7) is 4.58. The molecular formula is C17H25NO2S. The molecule has 0 radical (unpaired) electrons. The minimum atomic E-state index is 0.635. The van der Waals surface area contributed by atoms with Gasteiger partial charge >= 0.3 is 0 Å². The molecule has 1 heterocycles. The van der Waals surface area contributed by atoms with Gasteiger partial charge in [0.1, 0.15) is 13.2 Å². The maximum Gasteiger partial charge on any atom is 0.162 e. The highest BCUT2D eigenvalue weighted by Crippen LogP contribution is 2.36. The first kappa shape index (κ1) is 15.0. The number of rotatable bonds is 6. The van der Waals surface area contributed by atoms with Crippen molar-refractivity contribution in [2.75, 3.05) is 25.5 Å². The minimum Gasteiger partial charge on any atom is -0.486 e. The van der Waals surface area contributed by atoms with E-state index in [0.717, 1.165) is 29.7 Å². The fourth-order valence-electron chi connectivity index (χ4n) is 3.28. The number of hydrogen-bond donors (Lipinski definition) is 1. The molecule has 2 aliphatic rings. The van der Waals surface area contributed by atoms with Gasteiger partial charge in [0, 0.05) is 16.7 Å². The van der Waals surface area contributed by atoms with Crippen molar-refractivity contribution in [1.82, 2.24) is 5.32 Å². The molecule has 1 aromatic rings. The summed E-state index contributed by atoms with van der Waals surface area (Å²) in [7, 11) is 0. The molecule has 116 valence electrons. The van der Waals surface area contributed by atoms with Crippen LogP contribution >= 0.6 is 11.8 Å². The lowest BCUT2D eigenvalue weighted by Crippen LogP contribution is -2.37. The molecule has 1 atom stereocenters. The Morgan fingerprint density at radius 3 is 2.71 bits per heavy atom. The van der Waals surface area contributed by atoms with Crippen LogP contribution in [0.1, 0.15) is 32.6 Å². The summed E-state index contributed by atoms with van der Waals surface area (Å²) in [4.78, 5) is 1.28. The molecule has 0 aromatic heterocycles. The molecule has 1 N–H and O–H groups in total. The van der Waals surface area contributed by atoms with E-state index in [0.29, 0.717) is 19.3 Å².